The highest BCUT2D eigenvalue weighted by atomic mass is 19.1. The Bertz CT molecular complexity index is 993. The third-order valence-corrected chi connectivity index (χ3v) is 5.43. The minimum absolute atomic E-state index is 0.0193. The molecule has 4 rings (SSSR count). The summed E-state index contributed by atoms with van der Waals surface area (Å²) in [6, 6.07) is 13.7. The molecular weight excluding hydrogens is 369 g/mol. The molecule has 150 valence electrons. The molecule has 1 aliphatic heterocycles. The van der Waals surface area contributed by atoms with Crippen LogP contribution in [0.25, 0.3) is 22.8 Å². The Balaban J connectivity index is 1.58. The SMILES string of the molecule is CNCC1CCN(C(=O)c2ccccc2-c2ncc(-c3ccccc3F)o2)CC1. The van der Waals surface area contributed by atoms with Gasteiger partial charge < -0.3 is 14.6 Å². The standard InChI is InChI=1S/C23H24FN3O2/c1-25-14-16-10-12-27(13-11-16)23(28)18-7-3-2-6-17(18)22-26-15-21(29-22)19-8-4-5-9-20(19)24/h2-9,15-16,25H,10-14H2,1H3. The summed E-state index contributed by atoms with van der Waals surface area (Å²) in [6.07, 6.45) is 3.48. The minimum Gasteiger partial charge on any atom is -0.436 e. The van der Waals surface area contributed by atoms with E-state index in [1.165, 1.54) is 12.3 Å². The lowest BCUT2D eigenvalue weighted by Gasteiger charge is -2.32. The second kappa shape index (κ2) is 8.57. The lowest BCUT2D eigenvalue weighted by Crippen LogP contribution is -2.40. The van der Waals surface area contributed by atoms with Crippen LogP contribution in [0.2, 0.25) is 0 Å². The molecule has 0 saturated carbocycles. The fourth-order valence-corrected chi connectivity index (χ4v) is 3.84. The Hall–Kier alpha value is -2.99. The van der Waals surface area contributed by atoms with E-state index in [2.05, 4.69) is 10.3 Å². The maximum absolute atomic E-state index is 14.1. The number of carbonyl (C=O) groups excluding carboxylic acids is 1. The van der Waals surface area contributed by atoms with Crippen molar-refractivity contribution in [1.29, 1.82) is 0 Å². The number of benzene rings is 2. The third-order valence-electron chi connectivity index (χ3n) is 5.43. The van der Waals surface area contributed by atoms with Gasteiger partial charge in [0.1, 0.15) is 5.82 Å². The van der Waals surface area contributed by atoms with E-state index in [-0.39, 0.29) is 11.7 Å². The number of amides is 1. The molecule has 0 spiro atoms. The van der Waals surface area contributed by atoms with Crippen LogP contribution in [0.3, 0.4) is 0 Å². The second-order valence-electron chi connectivity index (χ2n) is 7.35. The molecule has 1 fully saturated rings. The number of carbonyl (C=O) groups is 1. The minimum atomic E-state index is -0.371. The summed E-state index contributed by atoms with van der Waals surface area (Å²) in [5, 5.41) is 3.21. The van der Waals surface area contributed by atoms with Crippen LogP contribution in [0.15, 0.2) is 59.1 Å². The molecule has 1 aliphatic rings. The number of likely N-dealkylation sites (tertiary alicyclic amines) is 1. The number of oxazole rings is 1. The van der Waals surface area contributed by atoms with E-state index >= 15 is 0 Å². The first-order chi connectivity index (χ1) is 14.2. The zero-order chi connectivity index (χ0) is 20.2. The molecule has 2 aromatic carbocycles. The first kappa shape index (κ1) is 19.3. The van der Waals surface area contributed by atoms with E-state index in [4.69, 9.17) is 4.42 Å². The fraction of sp³-hybridized carbons (Fsp3) is 0.304. The van der Waals surface area contributed by atoms with E-state index in [1.807, 2.05) is 30.1 Å². The number of piperidine rings is 1. The first-order valence-electron chi connectivity index (χ1n) is 9.91. The molecule has 0 radical (unpaired) electrons. The second-order valence-corrected chi connectivity index (χ2v) is 7.35. The highest BCUT2D eigenvalue weighted by Gasteiger charge is 2.26. The lowest BCUT2D eigenvalue weighted by atomic mass is 9.96. The van der Waals surface area contributed by atoms with E-state index in [0.29, 0.717) is 34.3 Å². The lowest BCUT2D eigenvalue weighted by molar-refractivity contribution is 0.0691. The maximum Gasteiger partial charge on any atom is 0.254 e. The Kier molecular flexibility index (Phi) is 5.71. The Morgan fingerprint density at radius 3 is 2.55 bits per heavy atom. The molecule has 29 heavy (non-hydrogen) atoms. The molecule has 2 heterocycles. The third kappa shape index (κ3) is 4.07. The van der Waals surface area contributed by atoms with Crippen LogP contribution in [-0.2, 0) is 0 Å². The highest BCUT2D eigenvalue weighted by molar-refractivity contribution is 6.00. The van der Waals surface area contributed by atoms with Gasteiger partial charge in [0.05, 0.1) is 17.3 Å². The van der Waals surface area contributed by atoms with E-state index in [0.717, 1.165) is 32.5 Å². The summed E-state index contributed by atoms with van der Waals surface area (Å²) < 4.78 is 19.9. The fourth-order valence-electron chi connectivity index (χ4n) is 3.84. The average Bonchev–Trinajstić information content (AvgIpc) is 3.24. The smallest absolute Gasteiger partial charge is 0.254 e. The number of aromatic nitrogens is 1. The van der Waals surface area contributed by atoms with Gasteiger partial charge in [0.25, 0.3) is 5.91 Å². The molecule has 5 nitrogen and oxygen atoms in total. The van der Waals surface area contributed by atoms with Gasteiger partial charge in [-0.3, -0.25) is 4.79 Å². The van der Waals surface area contributed by atoms with Crippen LogP contribution in [0.5, 0.6) is 0 Å². The normalized spacial score (nSPS) is 14.9. The van der Waals surface area contributed by atoms with Crippen LogP contribution in [0, 0.1) is 11.7 Å². The van der Waals surface area contributed by atoms with E-state index in [9.17, 15) is 9.18 Å². The van der Waals surface area contributed by atoms with Crippen LogP contribution >= 0.6 is 0 Å². The Morgan fingerprint density at radius 2 is 1.83 bits per heavy atom. The van der Waals surface area contributed by atoms with Gasteiger partial charge >= 0.3 is 0 Å². The monoisotopic (exact) mass is 393 g/mol. The molecule has 1 amide bonds. The number of halogens is 1. The molecule has 6 heteroatoms. The summed E-state index contributed by atoms with van der Waals surface area (Å²) in [4.78, 5) is 19.4. The van der Waals surface area contributed by atoms with Crippen LogP contribution < -0.4 is 5.32 Å². The quantitative estimate of drug-likeness (QED) is 0.705. The van der Waals surface area contributed by atoms with Crippen molar-refractivity contribution < 1.29 is 13.6 Å². The summed E-state index contributed by atoms with van der Waals surface area (Å²) in [7, 11) is 1.96. The van der Waals surface area contributed by atoms with Crippen molar-refractivity contribution in [3.8, 4) is 22.8 Å². The molecule has 1 aromatic heterocycles. The molecule has 0 atom stereocenters. The topological polar surface area (TPSA) is 58.4 Å². The number of rotatable bonds is 5. The first-order valence-corrected chi connectivity index (χ1v) is 9.91. The van der Waals surface area contributed by atoms with Gasteiger partial charge in [-0.05, 0) is 56.6 Å². The molecule has 3 aromatic rings. The summed E-state index contributed by atoms with van der Waals surface area (Å²) >= 11 is 0. The number of nitrogens with one attached hydrogen (secondary N) is 1. The number of nitrogens with zero attached hydrogens (tertiary/aromatic N) is 2. The van der Waals surface area contributed by atoms with Crippen LogP contribution in [0.1, 0.15) is 23.2 Å². The van der Waals surface area contributed by atoms with Gasteiger partial charge in [-0.25, -0.2) is 9.37 Å². The predicted molar refractivity (Wildman–Crippen MR) is 110 cm³/mol. The van der Waals surface area contributed by atoms with Gasteiger partial charge in [-0.2, -0.15) is 0 Å². The van der Waals surface area contributed by atoms with Crippen molar-refractivity contribution in [3.05, 3.63) is 66.1 Å². The van der Waals surface area contributed by atoms with Crippen molar-refractivity contribution >= 4 is 5.91 Å². The van der Waals surface area contributed by atoms with Crippen molar-refractivity contribution in [3.63, 3.8) is 0 Å². The average molecular weight is 393 g/mol. The molecule has 0 bridgehead atoms. The molecule has 0 aliphatic carbocycles. The van der Waals surface area contributed by atoms with Crippen molar-refractivity contribution in [1.82, 2.24) is 15.2 Å². The van der Waals surface area contributed by atoms with Crippen molar-refractivity contribution in [2.75, 3.05) is 26.7 Å². The zero-order valence-corrected chi connectivity index (χ0v) is 16.4. The van der Waals surface area contributed by atoms with Gasteiger partial charge in [0.2, 0.25) is 5.89 Å². The molecular formula is C23H24FN3O2. The van der Waals surface area contributed by atoms with Crippen LogP contribution in [0.4, 0.5) is 4.39 Å². The Labute approximate surface area is 169 Å². The van der Waals surface area contributed by atoms with Gasteiger partial charge in [-0.15, -0.1) is 0 Å². The molecule has 0 unspecified atom stereocenters. The molecule has 1 saturated heterocycles. The summed E-state index contributed by atoms with van der Waals surface area (Å²) in [6.45, 7) is 2.46. The van der Waals surface area contributed by atoms with Crippen LogP contribution in [-0.4, -0.2) is 42.5 Å². The van der Waals surface area contributed by atoms with E-state index < -0.39 is 0 Å². The van der Waals surface area contributed by atoms with Gasteiger partial charge in [-0.1, -0.05) is 24.3 Å². The van der Waals surface area contributed by atoms with Crippen molar-refractivity contribution in [2.24, 2.45) is 5.92 Å². The Morgan fingerprint density at radius 1 is 1.14 bits per heavy atom. The maximum atomic E-state index is 14.1. The van der Waals surface area contributed by atoms with E-state index in [1.54, 1.807) is 24.3 Å². The van der Waals surface area contributed by atoms with Gasteiger partial charge in [0, 0.05) is 18.7 Å². The van der Waals surface area contributed by atoms with Gasteiger partial charge in [0.15, 0.2) is 5.76 Å². The van der Waals surface area contributed by atoms with Crippen molar-refractivity contribution in [2.45, 2.75) is 12.8 Å². The predicted octanol–water partition coefficient (Wildman–Crippen LogP) is 4.22. The summed E-state index contributed by atoms with van der Waals surface area (Å²) in [5.41, 5.74) is 1.53. The number of hydrogen-bond acceptors (Lipinski definition) is 4. The molecule has 1 N–H and O–H groups in total. The zero-order valence-electron chi connectivity index (χ0n) is 16.4. The largest absolute Gasteiger partial charge is 0.436 e. The summed E-state index contributed by atoms with van der Waals surface area (Å²) in [5.74, 6) is 0.873. The number of hydrogen-bond donors (Lipinski definition) is 1. The highest BCUT2D eigenvalue weighted by Crippen LogP contribution is 2.30.